The Kier molecular flexibility index (Phi) is 3.25. The number of hydrogen-bond acceptors (Lipinski definition) is 3. The molecule has 0 aliphatic rings. The van der Waals surface area contributed by atoms with Gasteiger partial charge in [-0.1, -0.05) is 0 Å². The molecule has 0 atom stereocenters. The van der Waals surface area contributed by atoms with Crippen molar-refractivity contribution in [1.82, 2.24) is 4.98 Å². The molecule has 1 heterocycles. The lowest BCUT2D eigenvalue weighted by atomic mass is 10.1. The van der Waals surface area contributed by atoms with E-state index in [2.05, 4.69) is 4.98 Å². The Morgan fingerprint density at radius 2 is 2.15 bits per heavy atom. The average Bonchev–Trinajstić information content (AvgIpc) is 2.09. The van der Waals surface area contributed by atoms with E-state index in [1.165, 1.54) is 0 Å². The highest BCUT2D eigenvalue weighted by Gasteiger charge is 2.07. The van der Waals surface area contributed by atoms with Gasteiger partial charge in [0, 0.05) is 23.0 Å². The van der Waals surface area contributed by atoms with E-state index in [0.717, 1.165) is 29.1 Å². The van der Waals surface area contributed by atoms with Gasteiger partial charge >= 0.3 is 0 Å². The van der Waals surface area contributed by atoms with Crippen LogP contribution in [0.3, 0.4) is 0 Å². The molecule has 0 aliphatic heterocycles. The quantitative estimate of drug-likeness (QED) is 0.760. The first-order valence-corrected chi connectivity index (χ1v) is 4.40. The molecule has 0 bridgehead atoms. The van der Waals surface area contributed by atoms with E-state index in [1.807, 2.05) is 19.9 Å². The van der Waals surface area contributed by atoms with E-state index in [4.69, 9.17) is 10.5 Å². The van der Waals surface area contributed by atoms with Gasteiger partial charge in [-0.15, -0.1) is 0 Å². The minimum Gasteiger partial charge on any atom is -0.496 e. The number of hydrogen-bond donors (Lipinski definition) is 1. The minimum absolute atomic E-state index is 0.627. The van der Waals surface area contributed by atoms with Crippen molar-refractivity contribution < 1.29 is 4.74 Å². The predicted octanol–water partition coefficient (Wildman–Crippen LogP) is 1.21. The monoisotopic (exact) mass is 180 g/mol. The first-order valence-electron chi connectivity index (χ1n) is 4.40. The van der Waals surface area contributed by atoms with Gasteiger partial charge in [0.05, 0.1) is 7.11 Å². The summed E-state index contributed by atoms with van der Waals surface area (Å²) in [5, 5.41) is 0. The van der Waals surface area contributed by atoms with Gasteiger partial charge in [-0.05, 0) is 26.8 Å². The maximum absolute atomic E-state index is 5.51. The molecule has 0 amide bonds. The summed E-state index contributed by atoms with van der Waals surface area (Å²) in [6.07, 6.45) is 0.822. The van der Waals surface area contributed by atoms with Crippen LogP contribution in [0.4, 0.5) is 0 Å². The summed E-state index contributed by atoms with van der Waals surface area (Å²) in [4.78, 5) is 4.37. The van der Waals surface area contributed by atoms with Crippen molar-refractivity contribution in [2.75, 3.05) is 13.7 Å². The molecular formula is C10H16N2O. The number of pyridine rings is 1. The van der Waals surface area contributed by atoms with Gasteiger partial charge in [-0.2, -0.15) is 0 Å². The molecule has 0 fully saturated rings. The topological polar surface area (TPSA) is 48.1 Å². The first kappa shape index (κ1) is 9.99. The lowest BCUT2D eigenvalue weighted by Gasteiger charge is -2.10. The normalized spacial score (nSPS) is 10.2. The smallest absolute Gasteiger partial charge is 0.125 e. The van der Waals surface area contributed by atoms with Crippen LogP contribution < -0.4 is 10.5 Å². The maximum Gasteiger partial charge on any atom is 0.125 e. The van der Waals surface area contributed by atoms with Crippen molar-refractivity contribution in [3.05, 3.63) is 23.0 Å². The molecule has 0 saturated heterocycles. The van der Waals surface area contributed by atoms with Crippen molar-refractivity contribution in [2.45, 2.75) is 20.3 Å². The summed E-state index contributed by atoms with van der Waals surface area (Å²) in [5.74, 6) is 0.899. The molecule has 1 aromatic heterocycles. The summed E-state index contributed by atoms with van der Waals surface area (Å²) in [6, 6.07) is 1.94. The summed E-state index contributed by atoms with van der Waals surface area (Å²) in [6.45, 7) is 4.57. The fraction of sp³-hybridized carbons (Fsp3) is 0.500. The van der Waals surface area contributed by atoms with E-state index >= 15 is 0 Å². The molecule has 3 nitrogen and oxygen atoms in total. The highest BCUT2D eigenvalue weighted by Crippen LogP contribution is 2.21. The van der Waals surface area contributed by atoms with Gasteiger partial charge in [-0.3, -0.25) is 4.98 Å². The van der Waals surface area contributed by atoms with E-state index in [-0.39, 0.29) is 0 Å². The number of rotatable bonds is 3. The molecular weight excluding hydrogens is 164 g/mol. The molecule has 0 aromatic carbocycles. The van der Waals surface area contributed by atoms with Crippen LogP contribution in [0.15, 0.2) is 6.07 Å². The molecule has 0 saturated carbocycles. The van der Waals surface area contributed by atoms with Gasteiger partial charge < -0.3 is 10.5 Å². The fourth-order valence-electron chi connectivity index (χ4n) is 1.45. The van der Waals surface area contributed by atoms with Crippen molar-refractivity contribution >= 4 is 0 Å². The van der Waals surface area contributed by atoms with Crippen LogP contribution in [0.25, 0.3) is 0 Å². The van der Waals surface area contributed by atoms with E-state index in [1.54, 1.807) is 7.11 Å². The Balaban J connectivity index is 3.13. The van der Waals surface area contributed by atoms with Crippen molar-refractivity contribution in [3.8, 4) is 5.75 Å². The largest absolute Gasteiger partial charge is 0.496 e. The molecule has 2 N–H and O–H groups in total. The van der Waals surface area contributed by atoms with Gasteiger partial charge in [0.25, 0.3) is 0 Å². The lowest BCUT2D eigenvalue weighted by Crippen LogP contribution is -2.07. The zero-order chi connectivity index (χ0) is 9.84. The Labute approximate surface area is 78.9 Å². The van der Waals surface area contributed by atoms with Crippen molar-refractivity contribution in [1.29, 1.82) is 0 Å². The van der Waals surface area contributed by atoms with Crippen LogP contribution in [0.2, 0.25) is 0 Å². The zero-order valence-electron chi connectivity index (χ0n) is 8.42. The standard InChI is InChI=1S/C10H16N2O/c1-7-6-10(13-3)9(4-5-11)8(2)12-7/h6H,4-5,11H2,1-3H3. The zero-order valence-corrected chi connectivity index (χ0v) is 8.42. The second-order valence-electron chi connectivity index (χ2n) is 3.07. The molecule has 0 radical (unpaired) electrons. The summed E-state index contributed by atoms with van der Waals surface area (Å²) >= 11 is 0. The van der Waals surface area contributed by atoms with E-state index < -0.39 is 0 Å². The third-order valence-corrected chi connectivity index (χ3v) is 2.03. The number of methoxy groups -OCH3 is 1. The van der Waals surface area contributed by atoms with Crippen LogP contribution in [-0.2, 0) is 6.42 Å². The second kappa shape index (κ2) is 4.23. The molecule has 3 heteroatoms. The SMILES string of the molecule is COc1cc(C)nc(C)c1CCN. The number of ether oxygens (including phenoxy) is 1. The number of nitrogens with zero attached hydrogens (tertiary/aromatic N) is 1. The number of nitrogens with two attached hydrogens (primary N) is 1. The molecule has 0 unspecified atom stereocenters. The summed E-state index contributed by atoms with van der Waals surface area (Å²) < 4.78 is 5.26. The predicted molar refractivity (Wildman–Crippen MR) is 53.0 cm³/mol. The molecule has 13 heavy (non-hydrogen) atoms. The van der Waals surface area contributed by atoms with Gasteiger partial charge in [0.15, 0.2) is 0 Å². The third-order valence-electron chi connectivity index (χ3n) is 2.03. The molecule has 1 rings (SSSR count). The fourth-order valence-corrected chi connectivity index (χ4v) is 1.45. The van der Waals surface area contributed by atoms with Crippen LogP contribution in [0.1, 0.15) is 17.0 Å². The van der Waals surface area contributed by atoms with E-state index in [9.17, 15) is 0 Å². The number of aryl methyl sites for hydroxylation is 2. The molecule has 72 valence electrons. The van der Waals surface area contributed by atoms with Gasteiger partial charge in [0.2, 0.25) is 0 Å². The van der Waals surface area contributed by atoms with Crippen LogP contribution in [-0.4, -0.2) is 18.6 Å². The Bertz CT molecular complexity index is 297. The van der Waals surface area contributed by atoms with Crippen LogP contribution in [0.5, 0.6) is 5.75 Å². The molecule has 1 aromatic rings. The van der Waals surface area contributed by atoms with Crippen molar-refractivity contribution in [2.24, 2.45) is 5.73 Å². The second-order valence-corrected chi connectivity index (χ2v) is 3.07. The van der Waals surface area contributed by atoms with Crippen molar-refractivity contribution in [3.63, 3.8) is 0 Å². The first-order chi connectivity index (χ1) is 6.19. The molecule has 0 spiro atoms. The third kappa shape index (κ3) is 2.18. The molecule has 0 aliphatic carbocycles. The van der Waals surface area contributed by atoms with Gasteiger partial charge in [0.1, 0.15) is 5.75 Å². The Morgan fingerprint density at radius 1 is 1.46 bits per heavy atom. The van der Waals surface area contributed by atoms with E-state index in [0.29, 0.717) is 6.54 Å². The van der Waals surface area contributed by atoms with Crippen LogP contribution in [0, 0.1) is 13.8 Å². The Hall–Kier alpha value is -1.09. The average molecular weight is 180 g/mol. The highest BCUT2D eigenvalue weighted by atomic mass is 16.5. The maximum atomic E-state index is 5.51. The lowest BCUT2D eigenvalue weighted by molar-refractivity contribution is 0.408. The summed E-state index contributed by atoms with van der Waals surface area (Å²) in [5.41, 5.74) is 8.63. The highest BCUT2D eigenvalue weighted by molar-refractivity contribution is 5.37. The Morgan fingerprint density at radius 3 is 2.69 bits per heavy atom. The van der Waals surface area contributed by atoms with Gasteiger partial charge in [-0.25, -0.2) is 0 Å². The minimum atomic E-state index is 0.627. The number of aromatic nitrogens is 1. The van der Waals surface area contributed by atoms with Crippen LogP contribution >= 0.6 is 0 Å². The summed E-state index contributed by atoms with van der Waals surface area (Å²) in [7, 11) is 1.67.